The third-order valence-electron chi connectivity index (χ3n) is 10.8. The van der Waals surface area contributed by atoms with E-state index in [9.17, 15) is 35.5 Å². The lowest BCUT2D eigenvalue weighted by molar-refractivity contribution is -0.313. The molecule has 0 radical (unpaired) electrons. The molecule has 4 aliphatic rings. The molecule has 0 saturated carbocycles. The van der Waals surface area contributed by atoms with E-state index in [0.29, 0.717) is 30.4 Å². The van der Waals surface area contributed by atoms with Crippen molar-refractivity contribution in [2.75, 3.05) is 0 Å². The zero-order chi connectivity index (χ0) is 48.3. The van der Waals surface area contributed by atoms with E-state index >= 15 is 0 Å². The average Bonchev–Trinajstić information content (AvgIpc) is 3.89. The summed E-state index contributed by atoms with van der Waals surface area (Å²) in [4.78, 5) is 21.9. The van der Waals surface area contributed by atoms with E-state index in [0.717, 1.165) is 45.1 Å². The monoisotopic (exact) mass is 1060 g/mol. The number of carbonyl (C=O) groups excluding carboxylic acids is 2. The second kappa shape index (κ2) is 39.2. The fraction of sp³-hybridized carbons (Fsp3) is 0.778. The number of rotatable bonds is 10. The van der Waals surface area contributed by atoms with E-state index in [1.807, 2.05) is 61.5 Å². The molecule has 0 spiro atoms. The minimum Gasteiger partial charge on any atom is -0.550 e. The Kier molecular flexibility index (Phi) is 44.1. The maximum Gasteiger partial charge on any atom is 0.246 e. The van der Waals surface area contributed by atoms with Gasteiger partial charge in [-0.15, -0.1) is 62.5 Å². The number of amides is 1. The van der Waals surface area contributed by atoms with Gasteiger partial charge in [-0.3, -0.25) is 4.79 Å². The number of carbonyl (C=O) groups is 2. The number of carboxylic acid groups (broad SMARTS) is 1. The van der Waals surface area contributed by atoms with Crippen LogP contribution >= 0.6 is 87.3 Å². The van der Waals surface area contributed by atoms with E-state index in [1.54, 1.807) is 6.08 Å². The van der Waals surface area contributed by atoms with Crippen molar-refractivity contribution >= 4 is 99.2 Å². The van der Waals surface area contributed by atoms with Crippen LogP contribution < -0.4 is 22.3 Å². The van der Waals surface area contributed by atoms with Crippen LogP contribution in [0.3, 0.4) is 0 Å². The highest BCUT2D eigenvalue weighted by Gasteiger charge is 2.46. The fourth-order valence-corrected chi connectivity index (χ4v) is 7.77. The summed E-state index contributed by atoms with van der Waals surface area (Å²) in [6.45, 7) is 15.6. The third kappa shape index (κ3) is 21.7. The van der Waals surface area contributed by atoms with Gasteiger partial charge in [-0.1, -0.05) is 69.4 Å². The number of hydrogen-bond acceptors (Lipinski definition) is 15. The van der Waals surface area contributed by atoms with Gasteiger partial charge in [-0.2, -0.15) is 40.7 Å². The molecule has 20 atom stereocenters. The molecular weight excluding hydrogens is 980 g/mol. The number of carboxylic acids is 1. The summed E-state index contributed by atoms with van der Waals surface area (Å²) in [6, 6.07) is 2.36. The number of hydroxylamine groups is 8. The minimum atomic E-state index is -1.17. The Morgan fingerprint density at radius 3 is 1.34 bits per heavy atom. The molecule has 0 bridgehead atoms. The molecular formula is C36H82N9O7P10-. The summed E-state index contributed by atoms with van der Waals surface area (Å²) >= 11 is 0. The van der Waals surface area contributed by atoms with Crippen molar-refractivity contribution in [1.82, 2.24) is 20.3 Å². The predicted molar refractivity (Wildman–Crippen MR) is 286 cm³/mol. The van der Waals surface area contributed by atoms with E-state index in [-0.39, 0.29) is 71.1 Å². The Hall–Kier alpha value is 1.30. The van der Waals surface area contributed by atoms with Crippen LogP contribution in [0.4, 0.5) is 0 Å². The van der Waals surface area contributed by atoms with Gasteiger partial charge in [0.25, 0.3) is 0 Å². The SMILES string of the molecule is CCC1C(N)C(C#N)C(CC)N1O.CCC1C(N)C(C(=O)[O-])C(CC)N1O.CCC1C=C(C#N)C(CC)N1O.CCC1C=C(C(N)=O)C(CC)N1O.P.PP.PP(P)P.PPP. The van der Waals surface area contributed by atoms with Crippen LogP contribution in [0.1, 0.15) is 107 Å². The molecule has 1 amide bonds. The quantitative estimate of drug-likeness (QED) is 0.127. The molecule has 2 saturated heterocycles. The molecule has 364 valence electrons. The van der Waals surface area contributed by atoms with E-state index in [2.05, 4.69) is 74.6 Å². The molecule has 16 nitrogen and oxygen atoms in total. The van der Waals surface area contributed by atoms with Crippen molar-refractivity contribution in [2.45, 2.75) is 167 Å². The number of nitrogens with zero attached hydrogens (tertiary/aromatic N) is 6. The minimum absolute atomic E-state index is 0. The Labute approximate surface area is 395 Å². The first-order valence-corrected chi connectivity index (χ1v) is 33.9. The van der Waals surface area contributed by atoms with Crippen LogP contribution in [0, 0.1) is 34.5 Å². The number of nitrogens with two attached hydrogens (primary N) is 3. The van der Waals surface area contributed by atoms with Gasteiger partial charge in [-0.25, -0.2) is 0 Å². The van der Waals surface area contributed by atoms with E-state index < -0.39 is 29.9 Å². The maximum atomic E-state index is 11.0. The first-order valence-electron chi connectivity index (χ1n) is 20.4. The number of hydrogen-bond donors (Lipinski definition) is 7. The van der Waals surface area contributed by atoms with Gasteiger partial charge < -0.3 is 47.9 Å². The third-order valence-corrected chi connectivity index (χ3v) is 10.8. The van der Waals surface area contributed by atoms with Gasteiger partial charge in [0.1, 0.15) is 0 Å². The first-order chi connectivity index (χ1) is 28.7. The van der Waals surface area contributed by atoms with Crippen LogP contribution in [-0.4, -0.2) is 113 Å². The Balaban J connectivity index is -0.000000338. The lowest BCUT2D eigenvalue weighted by Crippen LogP contribution is -2.46. The second-order valence-electron chi connectivity index (χ2n) is 14.2. The lowest BCUT2D eigenvalue weighted by atomic mass is 9.92. The van der Waals surface area contributed by atoms with Gasteiger partial charge >= 0.3 is 0 Å². The van der Waals surface area contributed by atoms with Crippen molar-refractivity contribution in [1.29, 1.82) is 10.5 Å². The topological polar surface area (TPSA) is 277 Å². The summed E-state index contributed by atoms with van der Waals surface area (Å²) in [6.07, 6.45) is 9.46. The zero-order valence-corrected chi connectivity index (χ0v) is 49.3. The van der Waals surface area contributed by atoms with Crippen molar-refractivity contribution in [3.63, 3.8) is 0 Å². The molecule has 20 unspecified atom stereocenters. The molecule has 4 heterocycles. The van der Waals surface area contributed by atoms with Crippen LogP contribution in [0.25, 0.3) is 0 Å². The Morgan fingerprint density at radius 2 is 1.08 bits per heavy atom. The molecule has 10 N–H and O–H groups in total. The molecule has 0 aromatic rings. The predicted octanol–water partition coefficient (Wildman–Crippen LogP) is 5.81. The highest BCUT2D eigenvalue weighted by atomic mass is 32.7. The summed E-state index contributed by atoms with van der Waals surface area (Å²) in [5, 5.41) is 72.0. The highest BCUT2D eigenvalue weighted by Crippen LogP contribution is 2.59. The largest absolute Gasteiger partial charge is 0.550 e. The van der Waals surface area contributed by atoms with Crippen molar-refractivity contribution in [3.05, 3.63) is 23.3 Å². The van der Waals surface area contributed by atoms with Gasteiger partial charge in [0, 0.05) is 41.2 Å². The van der Waals surface area contributed by atoms with Gasteiger partial charge in [0.05, 0.1) is 60.3 Å². The molecule has 4 rings (SSSR count). The van der Waals surface area contributed by atoms with E-state index in [4.69, 9.17) is 27.7 Å². The van der Waals surface area contributed by atoms with Crippen LogP contribution in [0.15, 0.2) is 23.3 Å². The molecule has 0 aliphatic carbocycles. The molecule has 0 aromatic heterocycles. The summed E-state index contributed by atoms with van der Waals surface area (Å²) in [7, 11) is 18.7. The van der Waals surface area contributed by atoms with Gasteiger partial charge in [-0.05, 0) is 64.4 Å². The standard InChI is InChI=1S/C9H17N3O.C9H18N2O3.C9H16N2O2.C9H14N2O.H6P4.H5P3.H4P2.H3P/c1-3-7-6(5-10)9(11)8(4-2)12(7)13;1-3-5-7(9(12)13)8(10)6(4-2)11(5)14;1-3-6-5-7(9(10)12)8(4-2)11(6)13;1-3-8-5-7(6-10)9(4-2)11(8)12;1-4(2)3;1-3-2;1-2;/h6-9,13H,3-4,11H2,1-2H3;5-8,14H,3-4,10H2,1-2H3,(H,12,13);5-6,8,13H,3-4H2,1-2H3,(H2,10,12);5,8-9,12H,3-4H2,1-2H3;1-3H2;3H,1-2H2;1-2H2;1H3/p-1. The molecule has 0 aromatic carbocycles. The normalized spacial score (nSPS) is 30.1. The number of aliphatic carboxylic acids is 1. The van der Waals surface area contributed by atoms with Crippen molar-refractivity contribution in [3.8, 4) is 12.1 Å². The zero-order valence-electron chi connectivity index (χ0n) is 37.9. The average molecular weight is 1060 g/mol. The van der Waals surface area contributed by atoms with Crippen LogP contribution in [0.2, 0.25) is 0 Å². The fourth-order valence-electron chi connectivity index (χ4n) is 7.77. The summed E-state index contributed by atoms with van der Waals surface area (Å²) in [5.74, 6) is -2.60. The van der Waals surface area contributed by atoms with Crippen molar-refractivity contribution in [2.24, 2.45) is 29.0 Å². The number of nitriles is 2. The lowest BCUT2D eigenvalue weighted by Gasteiger charge is -2.23. The molecule has 62 heavy (non-hydrogen) atoms. The number of primary amides is 1. The smallest absolute Gasteiger partial charge is 0.246 e. The van der Waals surface area contributed by atoms with Crippen LogP contribution in [0.5, 0.6) is 0 Å². The van der Waals surface area contributed by atoms with E-state index in [1.165, 1.54) is 15.2 Å². The summed E-state index contributed by atoms with van der Waals surface area (Å²) in [5.41, 5.74) is 18.1. The van der Waals surface area contributed by atoms with Crippen LogP contribution in [-0.2, 0) is 9.59 Å². The van der Waals surface area contributed by atoms with Gasteiger partial charge in [0.15, 0.2) is 0 Å². The van der Waals surface area contributed by atoms with Gasteiger partial charge in [0.2, 0.25) is 5.91 Å². The molecule has 26 heteroatoms. The molecule has 4 aliphatic heterocycles. The Bertz CT molecular complexity index is 1390. The molecule has 2 fully saturated rings. The maximum absolute atomic E-state index is 11.0. The van der Waals surface area contributed by atoms with Crippen molar-refractivity contribution < 1.29 is 35.5 Å². The second-order valence-corrected chi connectivity index (χ2v) is 30.2. The summed E-state index contributed by atoms with van der Waals surface area (Å²) < 4.78 is 0. The Morgan fingerprint density at radius 1 is 0.710 bits per heavy atom. The highest BCUT2D eigenvalue weighted by molar-refractivity contribution is 8.65. The first kappa shape index (κ1) is 69.9.